The smallest absolute Gasteiger partial charge is 0.0535 e. The van der Waals surface area contributed by atoms with Gasteiger partial charge in [0.25, 0.3) is 0 Å². The molecule has 3 heteroatoms. The van der Waals surface area contributed by atoms with E-state index in [2.05, 4.69) is 11.8 Å². The van der Waals surface area contributed by atoms with Crippen molar-refractivity contribution in [2.45, 2.75) is 0 Å². The van der Waals surface area contributed by atoms with Crippen molar-refractivity contribution in [1.29, 1.82) is 0 Å². The Morgan fingerprint density at radius 2 is 2.20 bits per heavy atom. The van der Waals surface area contributed by atoms with Crippen molar-refractivity contribution in [1.82, 2.24) is 5.17 Å². The van der Waals surface area contributed by atoms with Crippen LogP contribution >= 0.6 is 0 Å². The molecule has 0 bridgehead atoms. The Morgan fingerprint density at radius 1 is 2.00 bits per heavy atom. The zero-order valence-corrected chi connectivity index (χ0v) is 3.05. The standard InChI is InChI=1S/C2H6N2O/c1-3-4(2)5/h5H,1H2,2H3. The van der Waals surface area contributed by atoms with E-state index in [0.29, 0.717) is 5.17 Å². The summed E-state index contributed by atoms with van der Waals surface area (Å²) in [6, 6.07) is 0. The van der Waals surface area contributed by atoms with E-state index in [0.717, 1.165) is 0 Å². The molecule has 0 aromatic rings. The summed E-state index contributed by atoms with van der Waals surface area (Å²) in [5, 5.41) is 11.6. The van der Waals surface area contributed by atoms with E-state index in [9.17, 15) is 0 Å². The Hall–Kier alpha value is -0.570. The molecule has 0 radical (unpaired) electrons. The average molecular weight is 74.1 g/mol. The molecule has 1 N–H and O–H groups in total. The molecule has 0 atom stereocenters. The van der Waals surface area contributed by atoms with Crippen molar-refractivity contribution >= 4 is 6.72 Å². The van der Waals surface area contributed by atoms with Crippen LogP contribution in [0.2, 0.25) is 0 Å². The third-order valence-corrected chi connectivity index (χ3v) is 0.205. The van der Waals surface area contributed by atoms with Crippen LogP contribution in [0.1, 0.15) is 0 Å². The van der Waals surface area contributed by atoms with Crippen LogP contribution in [-0.4, -0.2) is 24.1 Å². The molecule has 0 rings (SSSR count). The van der Waals surface area contributed by atoms with Crippen molar-refractivity contribution in [3.63, 3.8) is 0 Å². The van der Waals surface area contributed by atoms with E-state index in [1.165, 1.54) is 7.05 Å². The van der Waals surface area contributed by atoms with Gasteiger partial charge in [-0.3, -0.25) is 5.21 Å². The SMILES string of the molecule is C=NN(C)O. The molecule has 0 spiro atoms. The van der Waals surface area contributed by atoms with Gasteiger partial charge in [-0.2, -0.15) is 10.3 Å². The van der Waals surface area contributed by atoms with Crippen LogP contribution in [0.4, 0.5) is 0 Å². The molecule has 3 nitrogen and oxygen atoms in total. The molecule has 0 aliphatic carbocycles. The van der Waals surface area contributed by atoms with Crippen LogP contribution < -0.4 is 0 Å². The summed E-state index contributed by atoms with van der Waals surface area (Å²) in [6.45, 7) is 2.99. The zero-order valence-electron chi connectivity index (χ0n) is 3.05. The van der Waals surface area contributed by atoms with E-state index < -0.39 is 0 Å². The molecule has 0 fully saturated rings. The van der Waals surface area contributed by atoms with E-state index in [-0.39, 0.29) is 0 Å². The number of hydrogen-bond acceptors (Lipinski definition) is 3. The van der Waals surface area contributed by atoms with Gasteiger partial charge in [-0.1, -0.05) is 0 Å². The maximum Gasteiger partial charge on any atom is 0.0535 e. The predicted molar refractivity (Wildman–Crippen MR) is 19.1 cm³/mol. The third-order valence-electron chi connectivity index (χ3n) is 0.205. The minimum Gasteiger partial charge on any atom is -0.272 e. The fourth-order valence-corrected chi connectivity index (χ4v) is 0. The second kappa shape index (κ2) is 1.72. The van der Waals surface area contributed by atoms with Crippen molar-refractivity contribution in [2.24, 2.45) is 5.10 Å². The molecule has 0 aromatic carbocycles. The topological polar surface area (TPSA) is 35.8 Å². The molecule has 0 saturated heterocycles. The van der Waals surface area contributed by atoms with Crippen LogP contribution in [0.15, 0.2) is 5.10 Å². The van der Waals surface area contributed by atoms with Gasteiger partial charge in [0, 0.05) is 6.72 Å². The summed E-state index contributed by atoms with van der Waals surface area (Å²) < 4.78 is 0. The molecule has 0 aromatic heterocycles. The Labute approximate surface area is 30.5 Å². The molecule has 0 heterocycles. The molecule has 5 heavy (non-hydrogen) atoms. The van der Waals surface area contributed by atoms with Gasteiger partial charge < -0.3 is 0 Å². The average Bonchev–Trinajstić information content (AvgIpc) is 1.38. The second-order valence-corrected chi connectivity index (χ2v) is 0.631. The van der Waals surface area contributed by atoms with Gasteiger partial charge in [-0.05, 0) is 0 Å². The van der Waals surface area contributed by atoms with Gasteiger partial charge in [0.1, 0.15) is 0 Å². The Balaban J connectivity index is 2.83. The van der Waals surface area contributed by atoms with Crippen LogP contribution in [0.3, 0.4) is 0 Å². The Kier molecular flexibility index (Phi) is 1.53. The van der Waals surface area contributed by atoms with Crippen molar-refractivity contribution in [3.05, 3.63) is 0 Å². The molecule has 0 aliphatic rings. The summed E-state index contributed by atoms with van der Waals surface area (Å²) in [5.41, 5.74) is 0. The highest BCUT2D eigenvalue weighted by Crippen LogP contribution is 1.62. The van der Waals surface area contributed by atoms with E-state index in [1.54, 1.807) is 0 Å². The summed E-state index contributed by atoms with van der Waals surface area (Å²) in [4.78, 5) is 0. The van der Waals surface area contributed by atoms with Crippen LogP contribution in [0.5, 0.6) is 0 Å². The second-order valence-electron chi connectivity index (χ2n) is 0.631. The maximum absolute atomic E-state index is 7.97. The van der Waals surface area contributed by atoms with E-state index in [1.807, 2.05) is 0 Å². The minimum absolute atomic E-state index is 0.639. The van der Waals surface area contributed by atoms with Gasteiger partial charge in [-0.15, -0.1) is 0 Å². The lowest BCUT2D eigenvalue weighted by atomic mass is 11.4. The monoisotopic (exact) mass is 74.0 g/mol. The maximum atomic E-state index is 7.97. The number of hydroxylamine groups is 1. The first-order valence-electron chi connectivity index (χ1n) is 1.16. The lowest BCUT2D eigenvalue weighted by Gasteiger charge is -1.94. The zero-order chi connectivity index (χ0) is 4.28. The van der Waals surface area contributed by atoms with E-state index >= 15 is 0 Å². The quantitative estimate of drug-likeness (QED) is 0.349. The Bertz CT molecular complexity index is 34.6. The summed E-state index contributed by atoms with van der Waals surface area (Å²) in [7, 11) is 1.38. The molecule has 30 valence electrons. The predicted octanol–water partition coefficient (Wildman–Crippen LogP) is -0.0770. The number of hydrazone groups is 1. The van der Waals surface area contributed by atoms with Crippen molar-refractivity contribution < 1.29 is 5.21 Å². The number of hydrogen-bond donors (Lipinski definition) is 1. The van der Waals surface area contributed by atoms with Gasteiger partial charge >= 0.3 is 0 Å². The normalized spacial score (nSPS) is 6.80. The molecule has 0 amide bonds. The van der Waals surface area contributed by atoms with E-state index in [4.69, 9.17) is 5.21 Å². The Morgan fingerprint density at radius 3 is 2.20 bits per heavy atom. The van der Waals surface area contributed by atoms with Crippen LogP contribution in [0.25, 0.3) is 0 Å². The van der Waals surface area contributed by atoms with Gasteiger partial charge in [0.05, 0.1) is 7.05 Å². The largest absolute Gasteiger partial charge is 0.272 e. The van der Waals surface area contributed by atoms with Gasteiger partial charge in [0.2, 0.25) is 0 Å². The lowest BCUT2D eigenvalue weighted by molar-refractivity contribution is -0.0617. The highest BCUT2D eigenvalue weighted by atomic mass is 16.5. The molecule has 0 aliphatic heterocycles. The highest BCUT2D eigenvalue weighted by Gasteiger charge is 1.64. The lowest BCUT2D eigenvalue weighted by Crippen LogP contribution is -1.99. The summed E-state index contributed by atoms with van der Waals surface area (Å²) in [6.07, 6.45) is 0. The number of nitrogens with zero attached hydrogens (tertiary/aromatic N) is 2. The first-order chi connectivity index (χ1) is 2.27. The third kappa shape index (κ3) is 3.43. The van der Waals surface area contributed by atoms with Crippen molar-refractivity contribution in [2.75, 3.05) is 7.05 Å². The summed E-state index contributed by atoms with van der Waals surface area (Å²) >= 11 is 0. The fourth-order valence-electron chi connectivity index (χ4n) is 0. The highest BCUT2D eigenvalue weighted by molar-refractivity contribution is 5.21. The molecule has 0 unspecified atom stereocenters. The first kappa shape index (κ1) is 4.43. The molecule has 0 saturated carbocycles. The van der Waals surface area contributed by atoms with Gasteiger partial charge in [-0.25, -0.2) is 0 Å². The molecular weight excluding hydrogens is 68.0 g/mol. The molecular formula is C2H6N2O. The van der Waals surface area contributed by atoms with Crippen LogP contribution in [0, 0.1) is 0 Å². The van der Waals surface area contributed by atoms with Gasteiger partial charge in [0.15, 0.2) is 0 Å². The minimum atomic E-state index is 0.639. The number of rotatable bonds is 1. The first-order valence-corrected chi connectivity index (χ1v) is 1.16. The summed E-state index contributed by atoms with van der Waals surface area (Å²) in [5.74, 6) is 0. The fraction of sp³-hybridized carbons (Fsp3) is 0.500. The van der Waals surface area contributed by atoms with Crippen LogP contribution in [-0.2, 0) is 0 Å². The van der Waals surface area contributed by atoms with Crippen molar-refractivity contribution in [3.8, 4) is 0 Å².